The van der Waals surface area contributed by atoms with Crippen LogP contribution in [0.25, 0.3) is 11.1 Å². The lowest BCUT2D eigenvalue weighted by molar-refractivity contribution is 0.203. The fourth-order valence-corrected chi connectivity index (χ4v) is 3.92. The molecule has 0 aliphatic carbocycles. The summed E-state index contributed by atoms with van der Waals surface area (Å²) in [6.45, 7) is 2.96. The number of phenols is 1. The highest BCUT2D eigenvalue weighted by Gasteiger charge is 2.24. The molecule has 0 atom stereocenters. The summed E-state index contributed by atoms with van der Waals surface area (Å²) in [6.07, 6.45) is 4.11. The molecule has 3 aromatic rings. The topological polar surface area (TPSA) is 61.4 Å². The summed E-state index contributed by atoms with van der Waals surface area (Å²) in [4.78, 5) is 2.45. The first-order valence-corrected chi connectivity index (χ1v) is 9.41. The Bertz CT molecular complexity index is 898. The number of phenolic OH excluding ortho intramolecular Hbond substituents is 1. The molecule has 140 valence electrons. The van der Waals surface area contributed by atoms with Gasteiger partial charge in [-0.25, -0.2) is 0 Å². The predicted molar refractivity (Wildman–Crippen MR) is 106 cm³/mol. The van der Waals surface area contributed by atoms with E-state index in [0.717, 1.165) is 49.4 Å². The van der Waals surface area contributed by atoms with Gasteiger partial charge in [0.25, 0.3) is 0 Å². The lowest BCUT2D eigenvalue weighted by Crippen LogP contribution is -2.32. The molecule has 2 aromatic carbocycles. The highest BCUT2D eigenvalue weighted by Crippen LogP contribution is 2.35. The lowest BCUT2D eigenvalue weighted by atomic mass is 9.89. The third kappa shape index (κ3) is 3.98. The number of piperidine rings is 1. The SMILES string of the molecule is COc1cccc(-c2cn[nH]c2C2CCN(Cc3cccc(O)c3)CC2)c1. The van der Waals surface area contributed by atoms with Crippen molar-refractivity contribution in [3.8, 4) is 22.6 Å². The first-order valence-electron chi connectivity index (χ1n) is 9.41. The molecule has 0 amide bonds. The third-order valence-corrected chi connectivity index (χ3v) is 5.36. The van der Waals surface area contributed by atoms with Gasteiger partial charge in [-0.2, -0.15) is 5.10 Å². The zero-order valence-corrected chi connectivity index (χ0v) is 15.6. The van der Waals surface area contributed by atoms with Crippen molar-refractivity contribution in [3.05, 3.63) is 66.0 Å². The molecule has 1 aromatic heterocycles. The number of aromatic amines is 1. The van der Waals surface area contributed by atoms with Crippen LogP contribution in [0, 0.1) is 0 Å². The van der Waals surface area contributed by atoms with Crippen LogP contribution < -0.4 is 4.74 Å². The maximum atomic E-state index is 9.65. The number of methoxy groups -OCH3 is 1. The Balaban J connectivity index is 1.44. The van der Waals surface area contributed by atoms with Crippen molar-refractivity contribution in [1.82, 2.24) is 15.1 Å². The number of nitrogens with one attached hydrogen (secondary N) is 1. The van der Waals surface area contributed by atoms with E-state index in [9.17, 15) is 5.11 Å². The molecule has 4 rings (SSSR count). The molecule has 1 fully saturated rings. The Labute approximate surface area is 159 Å². The minimum atomic E-state index is 0.336. The zero-order valence-electron chi connectivity index (χ0n) is 15.6. The van der Waals surface area contributed by atoms with Gasteiger partial charge in [0.1, 0.15) is 11.5 Å². The highest BCUT2D eigenvalue weighted by molar-refractivity contribution is 5.67. The molecule has 0 unspecified atom stereocenters. The standard InChI is InChI=1S/C22H25N3O2/c1-27-20-7-3-5-18(13-20)21-14-23-24-22(21)17-8-10-25(11-9-17)15-16-4-2-6-19(26)12-16/h2-7,12-14,17,26H,8-11,15H2,1H3,(H,23,24). The van der Waals surface area contributed by atoms with Crippen molar-refractivity contribution in [2.24, 2.45) is 0 Å². The second-order valence-corrected chi connectivity index (χ2v) is 7.15. The number of aromatic nitrogens is 2. The summed E-state index contributed by atoms with van der Waals surface area (Å²) in [6, 6.07) is 15.7. The van der Waals surface area contributed by atoms with Crippen LogP contribution in [0.1, 0.15) is 30.0 Å². The summed E-state index contributed by atoms with van der Waals surface area (Å²) in [5, 5.41) is 17.2. The van der Waals surface area contributed by atoms with Gasteiger partial charge in [0, 0.05) is 23.7 Å². The van der Waals surface area contributed by atoms with Crippen molar-refractivity contribution >= 4 is 0 Å². The van der Waals surface area contributed by atoms with E-state index >= 15 is 0 Å². The van der Waals surface area contributed by atoms with Crippen molar-refractivity contribution < 1.29 is 9.84 Å². The minimum Gasteiger partial charge on any atom is -0.508 e. The van der Waals surface area contributed by atoms with Gasteiger partial charge in [0.15, 0.2) is 0 Å². The highest BCUT2D eigenvalue weighted by atomic mass is 16.5. The predicted octanol–water partition coefficient (Wildman–Crippen LogP) is 4.17. The normalized spacial score (nSPS) is 15.7. The van der Waals surface area contributed by atoms with E-state index < -0.39 is 0 Å². The third-order valence-electron chi connectivity index (χ3n) is 5.36. The smallest absolute Gasteiger partial charge is 0.119 e. The first kappa shape index (κ1) is 17.6. The Kier molecular flexibility index (Phi) is 5.12. The quantitative estimate of drug-likeness (QED) is 0.714. The summed E-state index contributed by atoms with van der Waals surface area (Å²) in [5.41, 5.74) is 4.69. The Hall–Kier alpha value is -2.79. The summed E-state index contributed by atoms with van der Waals surface area (Å²) >= 11 is 0. The number of nitrogens with zero attached hydrogens (tertiary/aromatic N) is 2. The second-order valence-electron chi connectivity index (χ2n) is 7.15. The van der Waals surface area contributed by atoms with Gasteiger partial charge in [-0.3, -0.25) is 10.00 Å². The average Bonchev–Trinajstić information content (AvgIpc) is 3.18. The molecule has 1 aliphatic heterocycles. The van der Waals surface area contributed by atoms with E-state index in [2.05, 4.69) is 33.3 Å². The van der Waals surface area contributed by atoms with Gasteiger partial charge in [-0.05, 0) is 61.3 Å². The minimum absolute atomic E-state index is 0.336. The maximum Gasteiger partial charge on any atom is 0.119 e. The van der Waals surface area contributed by atoms with Crippen LogP contribution in [0.15, 0.2) is 54.7 Å². The van der Waals surface area contributed by atoms with Crippen molar-refractivity contribution in [2.75, 3.05) is 20.2 Å². The molecule has 0 bridgehead atoms. The monoisotopic (exact) mass is 363 g/mol. The number of hydrogen-bond donors (Lipinski definition) is 2. The van der Waals surface area contributed by atoms with Gasteiger partial charge in [0.05, 0.1) is 13.3 Å². The lowest BCUT2D eigenvalue weighted by Gasteiger charge is -2.32. The number of aromatic hydroxyl groups is 1. The number of benzene rings is 2. The van der Waals surface area contributed by atoms with E-state index in [-0.39, 0.29) is 0 Å². The van der Waals surface area contributed by atoms with Crippen LogP contribution in [0.4, 0.5) is 0 Å². The molecular formula is C22H25N3O2. The maximum absolute atomic E-state index is 9.65. The van der Waals surface area contributed by atoms with Crippen molar-refractivity contribution in [3.63, 3.8) is 0 Å². The molecule has 2 N–H and O–H groups in total. The molecule has 1 saturated heterocycles. The van der Waals surface area contributed by atoms with Gasteiger partial charge in [-0.1, -0.05) is 24.3 Å². The van der Waals surface area contributed by atoms with E-state index in [1.165, 1.54) is 11.3 Å². The van der Waals surface area contributed by atoms with Crippen LogP contribution >= 0.6 is 0 Å². The molecule has 0 radical (unpaired) electrons. The van der Waals surface area contributed by atoms with Gasteiger partial charge in [0.2, 0.25) is 0 Å². The molecule has 2 heterocycles. The molecule has 1 aliphatic rings. The largest absolute Gasteiger partial charge is 0.508 e. The van der Waals surface area contributed by atoms with E-state index in [4.69, 9.17) is 4.74 Å². The van der Waals surface area contributed by atoms with E-state index in [1.807, 2.05) is 30.5 Å². The van der Waals surface area contributed by atoms with Crippen LogP contribution in [0.3, 0.4) is 0 Å². The van der Waals surface area contributed by atoms with Gasteiger partial charge < -0.3 is 9.84 Å². The summed E-state index contributed by atoms with van der Waals surface area (Å²) in [7, 11) is 1.69. The molecular weight excluding hydrogens is 338 g/mol. The molecule has 5 heteroatoms. The number of H-pyrrole nitrogens is 1. The zero-order chi connectivity index (χ0) is 18.6. The van der Waals surface area contributed by atoms with Gasteiger partial charge >= 0.3 is 0 Å². The van der Waals surface area contributed by atoms with Crippen molar-refractivity contribution in [1.29, 1.82) is 0 Å². The molecule has 5 nitrogen and oxygen atoms in total. The average molecular weight is 363 g/mol. The van der Waals surface area contributed by atoms with Crippen LogP contribution in [-0.2, 0) is 6.54 Å². The number of rotatable bonds is 5. The molecule has 27 heavy (non-hydrogen) atoms. The second kappa shape index (κ2) is 7.84. The Morgan fingerprint density at radius 1 is 1.15 bits per heavy atom. The van der Waals surface area contributed by atoms with Crippen molar-refractivity contribution in [2.45, 2.75) is 25.3 Å². The summed E-state index contributed by atoms with van der Waals surface area (Å²) < 4.78 is 5.36. The van der Waals surface area contributed by atoms with Gasteiger partial charge in [-0.15, -0.1) is 0 Å². The number of hydrogen-bond acceptors (Lipinski definition) is 4. The number of ether oxygens (including phenoxy) is 1. The molecule has 0 saturated carbocycles. The fraction of sp³-hybridized carbons (Fsp3) is 0.318. The van der Waals surface area contributed by atoms with Crippen LogP contribution in [0.2, 0.25) is 0 Å². The Morgan fingerprint density at radius 3 is 2.74 bits per heavy atom. The summed E-state index contributed by atoms with van der Waals surface area (Å²) in [5.74, 6) is 1.68. The fourth-order valence-electron chi connectivity index (χ4n) is 3.92. The van der Waals surface area contributed by atoms with Crippen LogP contribution in [0.5, 0.6) is 11.5 Å². The molecule has 0 spiro atoms. The van der Waals surface area contributed by atoms with E-state index in [0.29, 0.717) is 11.7 Å². The van der Waals surface area contributed by atoms with Crippen LogP contribution in [-0.4, -0.2) is 40.4 Å². The van der Waals surface area contributed by atoms with E-state index in [1.54, 1.807) is 13.2 Å². The Morgan fingerprint density at radius 2 is 1.96 bits per heavy atom. The number of likely N-dealkylation sites (tertiary alicyclic amines) is 1. The first-order chi connectivity index (χ1) is 13.2.